The van der Waals surface area contributed by atoms with Crippen molar-refractivity contribution < 1.29 is 4.74 Å². The number of nitrogens with two attached hydrogens (primary N) is 1. The molecular weight excluding hydrogens is 238 g/mol. The van der Waals surface area contributed by atoms with Crippen LogP contribution in [0.2, 0.25) is 0 Å². The smallest absolute Gasteiger partial charge is 0.136 e. The number of anilines is 1. The highest BCUT2D eigenvalue weighted by Crippen LogP contribution is 2.31. The number of hydrogen-bond acceptors (Lipinski definition) is 4. The fraction of sp³-hybridized carbons (Fsp3) is 0.400. The molecule has 1 aliphatic heterocycles. The van der Waals surface area contributed by atoms with E-state index in [9.17, 15) is 0 Å². The fourth-order valence-electron chi connectivity index (χ4n) is 2.80. The maximum absolute atomic E-state index is 6.07. The van der Waals surface area contributed by atoms with E-state index in [2.05, 4.69) is 16.0 Å². The second-order valence-electron chi connectivity index (χ2n) is 5.04. The van der Waals surface area contributed by atoms with E-state index in [4.69, 9.17) is 10.5 Å². The summed E-state index contributed by atoms with van der Waals surface area (Å²) in [5, 5.41) is 2.24. The molecule has 3 rings (SSSR count). The summed E-state index contributed by atoms with van der Waals surface area (Å²) in [7, 11) is 1.70. The Morgan fingerprint density at radius 2 is 2.21 bits per heavy atom. The average molecular weight is 257 g/mol. The van der Waals surface area contributed by atoms with Crippen LogP contribution in [-0.4, -0.2) is 31.2 Å². The summed E-state index contributed by atoms with van der Waals surface area (Å²) in [4.78, 5) is 6.84. The van der Waals surface area contributed by atoms with Gasteiger partial charge in [0.15, 0.2) is 0 Å². The molecule has 19 heavy (non-hydrogen) atoms. The van der Waals surface area contributed by atoms with Crippen molar-refractivity contribution in [3.05, 3.63) is 30.5 Å². The van der Waals surface area contributed by atoms with E-state index >= 15 is 0 Å². The highest BCUT2D eigenvalue weighted by atomic mass is 16.5. The molecule has 2 aromatic rings. The fourth-order valence-corrected chi connectivity index (χ4v) is 2.80. The number of methoxy groups -OCH3 is 1. The van der Waals surface area contributed by atoms with E-state index in [1.165, 1.54) is 0 Å². The van der Waals surface area contributed by atoms with Crippen LogP contribution in [0.3, 0.4) is 0 Å². The second-order valence-corrected chi connectivity index (χ2v) is 5.04. The van der Waals surface area contributed by atoms with Gasteiger partial charge in [0.05, 0.1) is 7.11 Å². The molecule has 0 unspecified atom stereocenters. The predicted molar refractivity (Wildman–Crippen MR) is 77.7 cm³/mol. The summed E-state index contributed by atoms with van der Waals surface area (Å²) >= 11 is 0. The zero-order chi connectivity index (χ0) is 13.2. The Bertz CT molecular complexity index is 585. The summed E-state index contributed by atoms with van der Waals surface area (Å²) in [5.74, 6) is 1.91. The summed E-state index contributed by atoms with van der Waals surface area (Å²) < 4.78 is 5.42. The molecule has 4 nitrogen and oxygen atoms in total. The van der Waals surface area contributed by atoms with Crippen molar-refractivity contribution in [2.75, 3.05) is 25.1 Å². The van der Waals surface area contributed by atoms with Gasteiger partial charge < -0.3 is 15.4 Å². The minimum atomic E-state index is 0.247. The van der Waals surface area contributed by atoms with Crippen LogP contribution in [0.1, 0.15) is 12.8 Å². The molecule has 0 spiro atoms. The van der Waals surface area contributed by atoms with Crippen molar-refractivity contribution in [3.63, 3.8) is 0 Å². The quantitative estimate of drug-likeness (QED) is 0.896. The van der Waals surface area contributed by atoms with Gasteiger partial charge in [-0.05, 0) is 25.0 Å². The highest BCUT2D eigenvalue weighted by Gasteiger charge is 2.19. The van der Waals surface area contributed by atoms with Crippen LogP contribution in [0.15, 0.2) is 30.5 Å². The maximum atomic E-state index is 6.07. The number of pyridine rings is 1. The van der Waals surface area contributed by atoms with E-state index in [-0.39, 0.29) is 6.04 Å². The normalized spacial score (nSPS) is 19.7. The lowest BCUT2D eigenvalue weighted by Crippen LogP contribution is -2.43. The Morgan fingerprint density at radius 1 is 1.32 bits per heavy atom. The van der Waals surface area contributed by atoms with E-state index in [0.29, 0.717) is 0 Å². The van der Waals surface area contributed by atoms with Gasteiger partial charge in [-0.3, -0.25) is 0 Å². The number of ether oxygens (including phenoxy) is 1. The highest BCUT2D eigenvalue weighted by molar-refractivity contribution is 5.96. The first-order valence-electron chi connectivity index (χ1n) is 6.72. The molecule has 2 N–H and O–H groups in total. The number of hydrogen-bond donors (Lipinski definition) is 1. The van der Waals surface area contributed by atoms with Crippen molar-refractivity contribution >= 4 is 16.6 Å². The van der Waals surface area contributed by atoms with Crippen LogP contribution in [0, 0.1) is 0 Å². The molecule has 0 radical (unpaired) electrons. The third-order valence-electron chi connectivity index (χ3n) is 3.72. The van der Waals surface area contributed by atoms with Crippen LogP contribution in [-0.2, 0) is 0 Å². The Labute approximate surface area is 113 Å². The zero-order valence-electron chi connectivity index (χ0n) is 11.2. The molecule has 1 saturated heterocycles. The Morgan fingerprint density at radius 3 is 3.00 bits per heavy atom. The predicted octanol–water partition coefficient (Wildman–Crippen LogP) is 2.17. The zero-order valence-corrected chi connectivity index (χ0v) is 11.2. The number of fused-ring (bicyclic) bond motifs is 1. The van der Waals surface area contributed by atoms with Gasteiger partial charge in [0.25, 0.3) is 0 Å². The number of aromatic nitrogens is 1. The van der Waals surface area contributed by atoms with Gasteiger partial charge in [-0.1, -0.05) is 12.1 Å². The van der Waals surface area contributed by atoms with Crippen molar-refractivity contribution in [2.24, 2.45) is 5.73 Å². The lowest BCUT2D eigenvalue weighted by atomic mass is 10.1. The first-order valence-corrected chi connectivity index (χ1v) is 6.72. The van der Waals surface area contributed by atoms with Gasteiger partial charge in [0.2, 0.25) is 0 Å². The van der Waals surface area contributed by atoms with Crippen LogP contribution < -0.4 is 15.4 Å². The van der Waals surface area contributed by atoms with E-state index < -0.39 is 0 Å². The van der Waals surface area contributed by atoms with Gasteiger partial charge in [0.1, 0.15) is 11.6 Å². The minimum absolute atomic E-state index is 0.247. The number of nitrogens with zero attached hydrogens (tertiary/aromatic N) is 2. The molecule has 2 heterocycles. The van der Waals surface area contributed by atoms with Gasteiger partial charge in [-0.15, -0.1) is 0 Å². The first-order chi connectivity index (χ1) is 9.29. The van der Waals surface area contributed by atoms with E-state index in [1.807, 2.05) is 24.4 Å². The maximum Gasteiger partial charge on any atom is 0.136 e. The standard InChI is InChI=1S/C15H19N3O/c1-19-14-6-2-5-13-12(14)7-8-17-15(13)18-9-3-4-11(16)10-18/h2,5-8,11H,3-4,9-10,16H2,1H3/t11-/m1/s1. The summed E-state index contributed by atoms with van der Waals surface area (Å²) in [5.41, 5.74) is 6.07. The van der Waals surface area contributed by atoms with Crippen LogP contribution in [0.25, 0.3) is 10.8 Å². The van der Waals surface area contributed by atoms with Gasteiger partial charge >= 0.3 is 0 Å². The van der Waals surface area contributed by atoms with E-state index in [0.717, 1.165) is 48.3 Å². The van der Waals surface area contributed by atoms with Crippen LogP contribution in [0.5, 0.6) is 5.75 Å². The summed E-state index contributed by atoms with van der Waals surface area (Å²) in [6.45, 7) is 1.90. The Balaban J connectivity index is 2.08. The third-order valence-corrected chi connectivity index (χ3v) is 3.72. The second kappa shape index (κ2) is 5.05. The average Bonchev–Trinajstić information content (AvgIpc) is 2.46. The number of rotatable bonds is 2. The molecular formula is C15H19N3O. The first kappa shape index (κ1) is 12.2. The Hall–Kier alpha value is -1.81. The van der Waals surface area contributed by atoms with E-state index in [1.54, 1.807) is 7.11 Å². The molecule has 1 aliphatic rings. The minimum Gasteiger partial charge on any atom is -0.496 e. The van der Waals surface area contributed by atoms with Crippen LogP contribution >= 0.6 is 0 Å². The van der Waals surface area contributed by atoms with Gasteiger partial charge in [-0.25, -0.2) is 4.98 Å². The Kier molecular flexibility index (Phi) is 3.25. The molecule has 0 bridgehead atoms. The SMILES string of the molecule is COc1cccc2c(N3CCC[C@@H](N)C3)nccc12. The monoisotopic (exact) mass is 257 g/mol. The van der Waals surface area contributed by atoms with Crippen molar-refractivity contribution in [2.45, 2.75) is 18.9 Å². The van der Waals surface area contributed by atoms with Crippen molar-refractivity contribution in [1.29, 1.82) is 0 Å². The third kappa shape index (κ3) is 2.24. The molecule has 4 heteroatoms. The van der Waals surface area contributed by atoms with Crippen molar-refractivity contribution in [1.82, 2.24) is 4.98 Å². The lowest BCUT2D eigenvalue weighted by molar-refractivity contribution is 0.420. The topological polar surface area (TPSA) is 51.4 Å². The molecule has 1 fully saturated rings. The van der Waals surface area contributed by atoms with Gasteiger partial charge in [0, 0.05) is 36.1 Å². The number of benzene rings is 1. The molecule has 0 saturated carbocycles. The number of piperidine rings is 1. The van der Waals surface area contributed by atoms with Crippen molar-refractivity contribution in [3.8, 4) is 5.75 Å². The van der Waals surface area contributed by atoms with Gasteiger partial charge in [-0.2, -0.15) is 0 Å². The summed E-state index contributed by atoms with van der Waals surface area (Å²) in [6, 6.07) is 8.34. The summed E-state index contributed by atoms with van der Waals surface area (Å²) in [6.07, 6.45) is 4.08. The molecule has 1 atom stereocenters. The lowest BCUT2D eigenvalue weighted by Gasteiger charge is -2.32. The largest absolute Gasteiger partial charge is 0.496 e. The molecule has 0 aliphatic carbocycles. The molecule has 100 valence electrons. The molecule has 0 amide bonds. The van der Waals surface area contributed by atoms with Crippen LogP contribution in [0.4, 0.5) is 5.82 Å². The molecule has 1 aromatic heterocycles. The molecule has 1 aromatic carbocycles.